The summed E-state index contributed by atoms with van der Waals surface area (Å²) in [6, 6.07) is 0. The van der Waals surface area contributed by atoms with Gasteiger partial charge >= 0.3 is 0 Å². The average molecular weight is 141 g/mol. The van der Waals surface area contributed by atoms with Crippen LogP contribution in [0.1, 0.15) is 13.8 Å². The Balaban J connectivity index is 4.22. The molecule has 0 aromatic rings. The highest BCUT2D eigenvalue weighted by Crippen LogP contribution is 1.97. The van der Waals surface area contributed by atoms with Gasteiger partial charge in [-0.2, -0.15) is 5.06 Å². The van der Waals surface area contributed by atoms with Gasteiger partial charge < -0.3 is 0 Å². The molecule has 0 aliphatic carbocycles. The minimum Gasteiger partial charge on any atom is -0.281 e. The Labute approximate surface area is 60.2 Å². The van der Waals surface area contributed by atoms with Crippen LogP contribution in [0.5, 0.6) is 0 Å². The molecule has 1 N–H and O–H groups in total. The number of amides is 1. The van der Waals surface area contributed by atoms with Crippen molar-refractivity contribution in [3.8, 4) is 0 Å². The summed E-state index contributed by atoms with van der Waals surface area (Å²) >= 11 is 0. The van der Waals surface area contributed by atoms with Crippen LogP contribution in [0.4, 0.5) is 0 Å². The smallest absolute Gasteiger partial charge is 0.276 e. The van der Waals surface area contributed by atoms with Crippen molar-refractivity contribution in [2.45, 2.75) is 13.8 Å². The van der Waals surface area contributed by atoms with E-state index in [9.17, 15) is 4.79 Å². The minimum atomic E-state index is -0.447. The minimum absolute atomic E-state index is 0.447. The fourth-order valence-corrected chi connectivity index (χ4v) is 0.387. The van der Waals surface area contributed by atoms with Gasteiger partial charge in [-0.1, -0.05) is 12.7 Å². The standard InChI is InChI=1S/C7H11NO2/c1-4-6(3)7(9)8(10)5-2/h4-5,10H,2H2,1,3H3/b6-4-. The van der Waals surface area contributed by atoms with Gasteiger partial charge in [0.05, 0.1) is 0 Å². The van der Waals surface area contributed by atoms with Gasteiger partial charge in [-0.15, -0.1) is 0 Å². The van der Waals surface area contributed by atoms with Crippen LogP contribution < -0.4 is 0 Å². The van der Waals surface area contributed by atoms with Crippen molar-refractivity contribution >= 4 is 5.91 Å². The van der Waals surface area contributed by atoms with Gasteiger partial charge in [0.2, 0.25) is 0 Å². The lowest BCUT2D eigenvalue weighted by Gasteiger charge is -2.07. The molecule has 0 aromatic carbocycles. The maximum Gasteiger partial charge on any atom is 0.276 e. The van der Waals surface area contributed by atoms with Crippen LogP contribution in [-0.4, -0.2) is 16.2 Å². The van der Waals surface area contributed by atoms with E-state index in [-0.39, 0.29) is 0 Å². The monoisotopic (exact) mass is 141 g/mol. The van der Waals surface area contributed by atoms with Crippen molar-refractivity contribution in [2.24, 2.45) is 0 Å². The maximum atomic E-state index is 10.8. The predicted molar refractivity (Wildman–Crippen MR) is 38.3 cm³/mol. The van der Waals surface area contributed by atoms with E-state index in [2.05, 4.69) is 6.58 Å². The highest BCUT2D eigenvalue weighted by molar-refractivity contribution is 5.92. The molecule has 3 nitrogen and oxygen atoms in total. The third kappa shape index (κ3) is 2.03. The Morgan fingerprint density at radius 2 is 2.20 bits per heavy atom. The maximum absolute atomic E-state index is 10.8. The molecule has 10 heavy (non-hydrogen) atoms. The highest BCUT2D eigenvalue weighted by atomic mass is 16.5. The predicted octanol–water partition coefficient (Wildman–Crippen LogP) is 1.31. The molecule has 3 heteroatoms. The van der Waals surface area contributed by atoms with Crippen LogP contribution in [0.15, 0.2) is 24.4 Å². The third-order valence-corrected chi connectivity index (χ3v) is 1.15. The first-order valence-electron chi connectivity index (χ1n) is 2.91. The molecule has 0 rings (SSSR count). The molecule has 56 valence electrons. The van der Waals surface area contributed by atoms with Crippen molar-refractivity contribution in [1.82, 2.24) is 5.06 Å². The van der Waals surface area contributed by atoms with Crippen LogP contribution in [-0.2, 0) is 4.79 Å². The molecular weight excluding hydrogens is 130 g/mol. The Morgan fingerprint density at radius 3 is 2.50 bits per heavy atom. The normalized spacial score (nSPS) is 10.9. The molecule has 0 radical (unpaired) electrons. The summed E-state index contributed by atoms with van der Waals surface area (Å²) in [5.74, 6) is -0.447. The van der Waals surface area contributed by atoms with Crippen LogP contribution in [0.25, 0.3) is 0 Å². The van der Waals surface area contributed by atoms with E-state index in [0.29, 0.717) is 10.6 Å². The topological polar surface area (TPSA) is 40.5 Å². The molecular formula is C7H11NO2. The molecule has 0 atom stereocenters. The molecule has 0 spiro atoms. The van der Waals surface area contributed by atoms with E-state index in [1.807, 2.05) is 0 Å². The number of carbonyl (C=O) groups excluding carboxylic acids is 1. The fourth-order valence-electron chi connectivity index (χ4n) is 0.387. The van der Waals surface area contributed by atoms with E-state index >= 15 is 0 Å². The largest absolute Gasteiger partial charge is 0.281 e. The highest BCUT2D eigenvalue weighted by Gasteiger charge is 2.07. The number of allylic oxidation sites excluding steroid dienone is 1. The Hall–Kier alpha value is -1.09. The summed E-state index contributed by atoms with van der Waals surface area (Å²) in [7, 11) is 0. The second-order valence-electron chi connectivity index (χ2n) is 1.80. The fraction of sp³-hybridized carbons (Fsp3) is 0.286. The van der Waals surface area contributed by atoms with Crippen molar-refractivity contribution in [1.29, 1.82) is 0 Å². The van der Waals surface area contributed by atoms with E-state index in [1.54, 1.807) is 19.9 Å². The van der Waals surface area contributed by atoms with Crippen molar-refractivity contribution in [2.75, 3.05) is 0 Å². The van der Waals surface area contributed by atoms with E-state index in [1.165, 1.54) is 0 Å². The summed E-state index contributed by atoms with van der Waals surface area (Å²) < 4.78 is 0. The summed E-state index contributed by atoms with van der Waals surface area (Å²) in [6.07, 6.45) is 2.67. The average Bonchev–Trinajstić information content (AvgIpc) is 2.00. The molecule has 0 unspecified atom stereocenters. The molecule has 0 fully saturated rings. The molecule has 0 bridgehead atoms. The molecule has 0 aliphatic rings. The SMILES string of the molecule is C=CN(O)C(=O)/C(C)=C\C. The second-order valence-corrected chi connectivity index (χ2v) is 1.80. The zero-order valence-corrected chi connectivity index (χ0v) is 6.16. The number of nitrogens with zero attached hydrogens (tertiary/aromatic N) is 1. The van der Waals surface area contributed by atoms with Gasteiger partial charge in [0.1, 0.15) is 0 Å². The van der Waals surface area contributed by atoms with Gasteiger partial charge in [-0.25, -0.2) is 0 Å². The van der Waals surface area contributed by atoms with Crippen LogP contribution in [0.2, 0.25) is 0 Å². The summed E-state index contributed by atoms with van der Waals surface area (Å²) in [6.45, 7) is 6.57. The number of carbonyl (C=O) groups is 1. The van der Waals surface area contributed by atoms with Gasteiger partial charge in [0, 0.05) is 11.8 Å². The van der Waals surface area contributed by atoms with Gasteiger partial charge in [-0.3, -0.25) is 10.0 Å². The first-order valence-corrected chi connectivity index (χ1v) is 2.91. The van der Waals surface area contributed by atoms with Gasteiger partial charge in [-0.05, 0) is 13.8 Å². The van der Waals surface area contributed by atoms with E-state index in [4.69, 9.17) is 5.21 Å². The van der Waals surface area contributed by atoms with Crippen molar-refractivity contribution in [3.63, 3.8) is 0 Å². The van der Waals surface area contributed by atoms with E-state index < -0.39 is 5.91 Å². The summed E-state index contributed by atoms with van der Waals surface area (Å²) in [5.41, 5.74) is 0.488. The summed E-state index contributed by atoms with van der Waals surface area (Å²) in [5, 5.41) is 9.21. The van der Waals surface area contributed by atoms with Crippen molar-refractivity contribution < 1.29 is 10.0 Å². The summed E-state index contributed by atoms with van der Waals surface area (Å²) in [4.78, 5) is 10.8. The first-order chi connectivity index (χ1) is 4.63. The molecule has 0 saturated heterocycles. The Morgan fingerprint density at radius 1 is 1.70 bits per heavy atom. The first kappa shape index (κ1) is 8.91. The lowest BCUT2D eigenvalue weighted by atomic mass is 10.3. The number of hydrogen-bond acceptors (Lipinski definition) is 2. The number of hydroxylamine groups is 2. The van der Waals surface area contributed by atoms with Crippen LogP contribution >= 0.6 is 0 Å². The number of rotatable bonds is 2. The third-order valence-electron chi connectivity index (χ3n) is 1.15. The quantitative estimate of drug-likeness (QED) is 0.358. The van der Waals surface area contributed by atoms with Gasteiger partial charge in [0.25, 0.3) is 5.91 Å². The van der Waals surface area contributed by atoms with Crippen molar-refractivity contribution in [3.05, 3.63) is 24.4 Å². The van der Waals surface area contributed by atoms with Crippen LogP contribution in [0.3, 0.4) is 0 Å². The zero-order chi connectivity index (χ0) is 8.15. The molecule has 0 saturated carbocycles. The molecule has 0 aromatic heterocycles. The van der Waals surface area contributed by atoms with E-state index in [0.717, 1.165) is 6.20 Å². The lowest BCUT2D eigenvalue weighted by Crippen LogP contribution is -2.21. The van der Waals surface area contributed by atoms with Gasteiger partial charge in [0.15, 0.2) is 0 Å². The lowest BCUT2D eigenvalue weighted by molar-refractivity contribution is -0.149. The zero-order valence-electron chi connectivity index (χ0n) is 6.16. The molecule has 0 aliphatic heterocycles. The number of hydrogen-bond donors (Lipinski definition) is 1. The Kier molecular flexibility index (Phi) is 3.43. The second kappa shape index (κ2) is 3.85. The van der Waals surface area contributed by atoms with Crippen LogP contribution in [0, 0.1) is 0 Å². The molecule has 1 amide bonds. The molecule has 0 heterocycles. The Bertz CT molecular complexity index is 172.